The minimum Gasteiger partial charge on any atom is -0.456 e. The zero-order valence-corrected chi connectivity index (χ0v) is 19.6. The fourth-order valence-electron chi connectivity index (χ4n) is 4.69. The van der Waals surface area contributed by atoms with Crippen LogP contribution in [0.15, 0.2) is 42.4 Å². The molecule has 2 aliphatic rings. The molecule has 1 fully saturated rings. The van der Waals surface area contributed by atoms with E-state index in [2.05, 4.69) is 0 Å². The average molecular weight is 484 g/mol. The molecule has 5 rings (SSSR count). The number of aromatic nitrogens is 2. The highest BCUT2D eigenvalue weighted by molar-refractivity contribution is 7.18. The van der Waals surface area contributed by atoms with Gasteiger partial charge in [0.25, 0.3) is 11.5 Å². The van der Waals surface area contributed by atoms with E-state index in [0.717, 1.165) is 21.1 Å². The largest absolute Gasteiger partial charge is 0.456 e. The lowest BCUT2D eigenvalue weighted by atomic mass is 9.83. The molecule has 4 heterocycles. The first kappa shape index (κ1) is 22.2. The van der Waals surface area contributed by atoms with E-state index in [0.29, 0.717) is 12.0 Å². The van der Waals surface area contributed by atoms with Crippen LogP contribution in [-0.4, -0.2) is 43.4 Å². The number of carbonyl (C=O) groups is 2. The number of thiazole rings is 1. The van der Waals surface area contributed by atoms with Crippen molar-refractivity contribution in [2.24, 2.45) is 13.0 Å². The molecule has 2 aliphatic heterocycles. The lowest BCUT2D eigenvalue weighted by Crippen LogP contribution is -2.61. The maximum Gasteiger partial charge on any atom is 0.355 e. The molecule has 0 saturated carbocycles. The molecule has 176 valence electrons. The number of carbonyl (C=O) groups excluding carboxylic acids is 2. The van der Waals surface area contributed by atoms with Gasteiger partial charge >= 0.3 is 5.97 Å². The molecule has 10 nitrogen and oxygen atoms in total. The molecule has 0 unspecified atom stereocenters. The van der Waals surface area contributed by atoms with Crippen LogP contribution in [0.4, 0.5) is 5.69 Å². The molecular weight excluding hydrogens is 460 g/mol. The van der Waals surface area contributed by atoms with Crippen LogP contribution < -0.4 is 4.57 Å². The number of nitro groups is 1. The Kier molecular flexibility index (Phi) is 5.25. The van der Waals surface area contributed by atoms with E-state index in [1.807, 2.05) is 35.3 Å². The number of aliphatic hydroxyl groups is 1. The van der Waals surface area contributed by atoms with Crippen LogP contribution in [0.5, 0.6) is 0 Å². The summed E-state index contributed by atoms with van der Waals surface area (Å²) in [7, 11) is 1.96. The van der Waals surface area contributed by atoms with Gasteiger partial charge in [-0.15, -0.1) is 0 Å². The number of imidazole rings is 1. The van der Waals surface area contributed by atoms with Gasteiger partial charge in [0, 0.05) is 24.6 Å². The van der Waals surface area contributed by atoms with Gasteiger partial charge in [0.15, 0.2) is 0 Å². The third-order valence-electron chi connectivity index (χ3n) is 6.60. The molecule has 1 aromatic carbocycles. The number of amides is 1. The summed E-state index contributed by atoms with van der Waals surface area (Å²) in [4.78, 5) is 39.7. The summed E-state index contributed by atoms with van der Waals surface area (Å²) in [5, 5.41) is 20.9. The second kappa shape index (κ2) is 8.03. The number of nitrogens with zero attached hydrogens (tertiary/aromatic N) is 4. The van der Waals surface area contributed by atoms with Gasteiger partial charge in [-0.1, -0.05) is 11.3 Å². The smallest absolute Gasteiger partial charge is 0.355 e. The van der Waals surface area contributed by atoms with Crippen LogP contribution in [0.3, 0.4) is 0 Å². The second-order valence-electron chi connectivity index (χ2n) is 8.66. The molecule has 11 heteroatoms. The van der Waals surface area contributed by atoms with E-state index in [1.165, 1.54) is 40.5 Å². The molecule has 0 radical (unpaired) electrons. The SMILES string of the molecule is Cc1n2cc(C3=C(C(=O)OCc4ccc([N+](=O)[O-])cc4)N4C(=O)[C@H]([C@@H](C)O)[C@H]4C3)sc2c[n+]1C. The summed E-state index contributed by atoms with van der Waals surface area (Å²) in [5.41, 5.74) is 1.49. The molecule has 3 atom stereocenters. The number of ether oxygens (including phenoxy) is 1. The molecule has 0 spiro atoms. The minimum atomic E-state index is -0.814. The Morgan fingerprint density at radius 2 is 2.09 bits per heavy atom. The Morgan fingerprint density at radius 3 is 2.71 bits per heavy atom. The number of aryl methyl sites for hydroxylation is 2. The fourth-order valence-corrected chi connectivity index (χ4v) is 5.87. The highest BCUT2D eigenvalue weighted by Gasteiger charge is 2.57. The van der Waals surface area contributed by atoms with E-state index in [1.54, 1.807) is 6.92 Å². The third kappa shape index (κ3) is 3.39. The van der Waals surface area contributed by atoms with Crippen LogP contribution in [0.25, 0.3) is 10.4 Å². The van der Waals surface area contributed by atoms with Gasteiger partial charge in [-0.25, -0.2) is 9.36 Å². The fraction of sp³-hybridized carbons (Fsp3) is 0.348. The van der Waals surface area contributed by atoms with Crippen molar-refractivity contribution in [1.29, 1.82) is 0 Å². The highest BCUT2D eigenvalue weighted by atomic mass is 32.1. The lowest BCUT2D eigenvalue weighted by Gasteiger charge is -2.44. The van der Waals surface area contributed by atoms with Gasteiger partial charge in [-0.2, -0.15) is 4.40 Å². The summed E-state index contributed by atoms with van der Waals surface area (Å²) < 4.78 is 9.58. The van der Waals surface area contributed by atoms with Crippen LogP contribution in [0.1, 0.15) is 29.6 Å². The topological polar surface area (TPSA) is 118 Å². The summed E-state index contributed by atoms with van der Waals surface area (Å²) in [6.07, 6.45) is 3.61. The van der Waals surface area contributed by atoms with Gasteiger partial charge in [0.1, 0.15) is 24.7 Å². The van der Waals surface area contributed by atoms with Crippen molar-refractivity contribution in [3.05, 3.63) is 68.7 Å². The number of benzene rings is 1. The standard InChI is InChI=1S/C23H23N4O6S/c1-12(28)20-17-8-16(18-9-25-13(2)24(3)10-19(25)34-18)21(26(17)22(20)29)23(30)33-11-14-4-6-15(7-5-14)27(31)32/h4-7,9-10,12,17,20,28H,8,11H2,1-3H3/q+1/t12-,17-,20-/m1/s1. The maximum atomic E-state index is 13.2. The van der Waals surface area contributed by atoms with E-state index in [9.17, 15) is 24.8 Å². The minimum absolute atomic E-state index is 0.0492. The van der Waals surface area contributed by atoms with E-state index in [4.69, 9.17) is 4.74 Å². The predicted molar refractivity (Wildman–Crippen MR) is 121 cm³/mol. The number of esters is 1. The van der Waals surface area contributed by atoms with Crippen molar-refractivity contribution >= 4 is 39.3 Å². The Labute approximate surface area is 198 Å². The lowest BCUT2D eigenvalue weighted by molar-refractivity contribution is -0.676. The van der Waals surface area contributed by atoms with Crippen molar-refractivity contribution in [2.45, 2.75) is 39.0 Å². The number of hydrogen-bond acceptors (Lipinski definition) is 7. The van der Waals surface area contributed by atoms with Crippen LogP contribution >= 0.6 is 11.3 Å². The summed E-state index contributed by atoms with van der Waals surface area (Å²) in [6, 6.07) is 5.47. The average Bonchev–Trinajstić information content (AvgIpc) is 3.43. The van der Waals surface area contributed by atoms with Gasteiger partial charge in [0.2, 0.25) is 10.7 Å². The molecule has 0 bridgehead atoms. The molecular formula is C23H23N4O6S+. The molecule has 34 heavy (non-hydrogen) atoms. The summed E-state index contributed by atoms with van der Waals surface area (Å²) >= 11 is 1.52. The van der Waals surface area contributed by atoms with Crippen LogP contribution in [-0.2, 0) is 28.0 Å². The van der Waals surface area contributed by atoms with Crippen molar-refractivity contribution in [2.75, 3.05) is 0 Å². The first-order valence-corrected chi connectivity index (χ1v) is 11.6. The van der Waals surface area contributed by atoms with Gasteiger partial charge < -0.3 is 14.7 Å². The number of non-ortho nitro benzene ring substituents is 1. The van der Waals surface area contributed by atoms with E-state index >= 15 is 0 Å². The molecule has 3 aromatic rings. The molecule has 1 amide bonds. The van der Waals surface area contributed by atoms with Gasteiger partial charge in [-0.05, 0) is 31.0 Å². The number of nitro benzene ring substituents is 1. The third-order valence-corrected chi connectivity index (χ3v) is 7.68. The summed E-state index contributed by atoms with van der Waals surface area (Å²) in [5.74, 6) is -0.447. The number of β-lactam (4-membered cyclic amide) rings is 1. The molecule has 1 saturated heterocycles. The van der Waals surface area contributed by atoms with Crippen molar-refractivity contribution < 1.29 is 28.9 Å². The number of aliphatic hydroxyl groups excluding tert-OH is 1. The Balaban J connectivity index is 1.46. The van der Waals surface area contributed by atoms with Crippen molar-refractivity contribution in [3.63, 3.8) is 0 Å². The van der Waals surface area contributed by atoms with Crippen LogP contribution in [0.2, 0.25) is 0 Å². The Hall–Kier alpha value is -3.57. The first-order chi connectivity index (χ1) is 16.2. The number of fused-ring (bicyclic) bond motifs is 2. The van der Waals surface area contributed by atoms with E-state index in [-0.39, 0.29) is 29.9 Å². The van der Waals surface area contributed by atoms with E-state index < -0.39 is 22.9 Å². The Morgan fingerprint density at radius 1 is 1.38 bits per heavy atom. The van der Waals surface area contributed by atoms with Crippen molar-refractivity contribution in [1.82, 2.24) is 9.30 Å². The quantitative estimate of drug-likeness (QED) is 0.189. The van der Waals surface area contributed by atoms with Crippen molar-refractivity contribution in [3.8, 4) is 0 Å². The maximum absolute atomic E-state index is 13.2. The van der Waals surface area contributed by atoms with Gasteiger partial charge in [-0.3, -0.25) is 14.9 Å². The zero-order chi connectivity index (χ0) is 24.3. The second-order valence-corrected chi connectivity index (χ2v) is 9.73. The zero-order valence-electron chi connectivity index (χ0n) is 18.8. The predicted octanol–water partition coefficient (Wildman–Crippen LogP) is 2.11. The molecule has 1 N–H and O–H groups in total. The summed E-state index contributed by atoms with van der Waals surface area (Å²) in [6.45, 7) is 3.50. The number of hydrogen-bond donors (Lipinski definition) is 1. The normalized spacial score (nSPS) is 20.5. The molecule has 0 aliphatic carbocycles. The molecule has 2 aromatic heterocycles. The van der Waals surface area contributed by atoms with Crippen LogP contribution in [0, 0.1) is 23.0 Å². The Bertz CT molecular complexity index is 1370. The monoisotopic (exact) mass is 483 g/mol. The number of rotatable bonds is 6. The first-order valence-electron chi connectivity index (χ1n) is 10.8. The van der Waals surface area contributed by atoms with Gasteiger partial charge in [0.05, 0.1) is 34.9 Å². The highest BCUT2D eigenvalue weighted by Crippen LogP contribution is 2.48.